The van der Waals surface area contributed by atoms with Crippen molar-refractivity contribution in [2.75, 3.05) is 13.2 Å². The molecule has 2 rings (SSSR count). The molecule has 1 aliphatic rings. The Morgan fingerprint density at radius 2 is 2.37 bits per heavy atom. The Bertz CT molecular complexity index is 478. The van der Waals surface area contributed by atoms with E-state index in [9.17, 15) is 4.79 Å². The van der Waals surface area contributed by atoms with E-state index < -0.39 is 5.97 Å². The summed E-state index contributed by atoms with van der Waals surface area (Å²) in [7, 11) is 0. The Hall–Kier alpha value is -1.52. The van der Waals surface area contributed by atoms with Gasteiger partial charge in [0, 0.05) is 12.7 Å². The van der Waals surface area contributed by atoms with Crippen LogP contribution in [0.1, 0.15) is 18.4 Å². The van der Waals surface area contributed by atoms with Crippen LogP contribution in [-0.2, 0) is 9.53 Å². The topological polar surface area (TPSA) is 55.8 Å². The molecule has 1 unspecified atom stereocenters. The molecular formula is C14H15ClO4. The number of hydrogen-bond donors (Lipinski definition) is 1. The van der Waals surface area contributed by atoms with Gasteiger partial charge in [0.15, 0.2) is 0 Å². The monoisotopic (exact) mass is 282 g/mol. The second-order valence-corrected chi connectivity index (χ2v) is 4.73. The predicted octanol–water partition coefficient (Wildman–Crippen LogP) is 3.00. The number of carboxylic acids is 1. The predicted molar refractivity (Wildman–Crippen MR) is 72.6 cm³/mol. The molecule has 0 saturated carbocycles. The normalized spacial score (nSPS) is 19.5. The van der Waals surface area contributed by atoms with Crippen molar-refractivity contribution in [1.82, 2.24) is 0 Å². The van der Waals surface area contributed by atoms with Gasteiger partial charge in [0.05, 0.1) is 11.6 Å². The van der Waals surface area contributed by atoms with Gasteiger partial charge in [-0.05, 0) is 36.6 Å². The third-order valence-corrected chi connectivity index (χ3v) is 3.08. The highest BCUT2D eigenvalue weighted by Gasteiger charge is 2.16. The molecule has 1 aliphatic heterocycles. The third-order valence-electron chi connectivity index (χ3n) is 2.79. The molecule has 0 bridgehead atoms. The quantitative estimate of drug-likeness (QED) is 0.863. The van der Waals surface area contributed by atoms with E-state index in [1.807, 2.05) is 0 Å². The maximum absolute atomic E-state index is 10.4. The van der Waals surface area contributed by atoms with Gasteiger partial charge in [0.25, 0.3) is 0 Å². The molecule has 1 aromatic carbocycles. The van der Waals surface area contributed by atoms with Crippen LogP contribution in [0.3, 0.4) is 0 Å². The van der Waals surface area contributed by atoms with Crippen LogP contribution in [0.15, 0.2) is 24.3 Å². The van der Waals surface area contributed by atoms with E-state index in [0.29, 0.717) is 17.4 Å². The molecule has 1 aromatic rings. The van der Waals surface area contributed by atoms with Gasteiger partial charge in [-0.2, -0.15) is 0 Å². The minimum atomic E-state index is -0.990. The first-order chi connectivity index (χ1) is 9.15. The van der Waals surface area contributed by atoms with Crippen molar-refractivity contribution >= 4 is 23.6 Å². The van der Waals surface area contributed by atoms with Crippen molar-refractivity contribution < 1.29 is 19.4 Å². The smallest absolute Gasteiger partial charge is 0.328 e. The first-order valence-electron chi connectivity index (χ1n) is 6.10. The summed E-state index contributed by atoms with van der Waals surface area (Å²) in [5, 5.41) is 9.03. The summed E-state index contributed by atoms with van der Waals surface area (Å²) in [5.74, 6) is -0.388. The zero-order chi connectivity index (χ0) is 13.7. The lowest BCUT2D eigenvalue weighted by atomic mass is 10.1. The molecule has 1 fully saturated rings. The molecule has 1 N–H and O–H groups in total. The van der Waals surface area contributed by atoms with Crippen molar-refractivity contribution in [2.45, 2.75) is 18.9 Å². The zero-order valence-corrected chi connectivity index (χ0v) is 11.1. The molecular weight excluding hydrogens is 268 g/mol. The van der Waals surface area contributed by atoms with Gasteiger partial charge in [-0.25, -0.2) is 4.79 Å². The van der Waals surface area contributed by atoms with Gasteiger partial charge >= 0.3 is 5.97 Å². The number of carbonyl (C=O) groups is 1. The molecule has 4 nitrogen and oxygen atoms in total. The Morgan fingerprint density at radius 1 is 1.53 bits per heavy atom. The first kappa shape index (κ1) is 13.9. The highest BCUT2D eigenvalue weighted by Crippen LogP contribution is 2.28. The van der Waals surface area contributed by atoms with Crippen molar-refractivity contribution in [1.29, 1.82) is 0 Å². The van der Waals surface area contributed by atoms with E-state index in [1.165, 1.54) is 6.08 Å². The third kappa shape index (κ3) is 4.26. The molecule has 5 heteroatoms. The second-order valence-electron chi connectivity index (χ2n) is 4.32. The van der Waals surface area contributed by atoms with Gasteiger partial charge in [-0.3, -0.25) is 0 Å². The maximum Gasteiger partial charge on any atom is 0.328 e. The van der Waals surface area contributed by atoms with Crippen LogP contribution < -0.4 is 4.74 Å². The fourth-order valence-electron chi connectivity index (χ4n) is 1.87. The number of ether oxygens (including phenoxy) is 2. The van der Waals surface area contributed by atoms with Gasteiger partial charge in [-0.15, -0.1) is 0 Å². The Labute approximate surface area is 116 Å². The number of aliphatic carboxylic acids is 1. The molecule has 0 aromatic heterocycles. The van der Waals surface area contributed by atoms with Crippen LogP contribution in [0, 0.1) is 0 Å². The summed E-state index contributed by atoms with van der Waals surface area (Å²) >= 11 is 6.12. The largest absolute Gasteiger partial charge is 0.486 e. The second kappa shape index (κ2) is 6.59. The molecule has 0 radical (unpaired) electrons. The van der Waals surface area contributed by atoms with Crippen molar-refractivity contribution in [2.24, 2.45) is 0 Å². The van der Waals surface area contributed by atoms with Gasteiger partial charge in [-0.1, -0.05) is 17.7 Å². The lowest BCUT2D eigenvalue weighted by Crippen LogP contribution is -2.28. The summed E-state index contributed by atoms with van der Waals surface area (Å²) in [4.78, 5) is 10.4. The Morgan fingerprint density at radius 3 is 3.00 bits per heavy atom. The van der Waals surface area contributed by atoms with Crippen LogP contribution in [-0.4, -0.2) is 30.4 Å². The van der Waals surface area contributed by atoms with Crippen LogP contribution >= 0.6 is 11.6 Å². The van der Waals surface area contributed by atoms with Crippen LogP contribution in [0.4, 0.5) is 0 Å². The molecule has 0 amide bonds. The Balaban J connectivity index is 2.04. The van der Waals surface area contributed by atoms with Gasteiger partial charge < -0.3 is 14.6 Å². The van der Waals surface area contributed by atoms with E-state index in [-0.39, 0.29) is 6.10 Å². The summed E-state index contributed by atoms with van der Waals surface area (Å²) < 4.78 is 11.1. The molecule has 1 atom stereocenters. The van der Waals surface area contributed by atoms with Crippen molar-refractivity contribution in [3.05, 3.63) is 34.9 Å². The highest BCUT2D eigenvalue weighted by atomic mass is 35.5. The SMILES string of the molecule is O=C(O)/C=C/c1ccc(OC2CCCOC2)c(Cl)c1. The number of benzene rings is 1. The fourth-order valence-corrected chi connectivity index (χ4v) is 2.10. The lowest BCUT2D eigenvalue weighted by molar-refractivity contribution is -0.131. The average molecular weight is 283 g/mol. The van der Waals surface area contributed by atoms with E-state index in [1.54, 1.807) is 18.2 Å². The summed E-state index contributed by atoms with van der Waals surface area (Å²) in [6.45, 7) is 1.36. The van der Waals surface area contributed by atoms with Crippen molar-refractivity contribution in [3.8, 4) is 5.75 Å². The number of carboxylic acid groups (broad SMARTS) is 1. The standard InChI is InChI=1S/C14H15ClO4/c15-12-8-10(4-6-14(16)17)3-5-13(12)19-11-2-1-7-18-9-11/h3-6,8,11H,1-2,7,9H2,(H,16,17)/b6-4+. The summed E-state index contributed by atoms with van der Waals surface area (Å²) in [6, 6.07) is 5.20. The molecule has 0 aliphatic carbocycles. The van der Waals surface area contributed by atoms with Crippen molar-refractivity contribution in [3.63, 3.8) is 0 Å². The van der Waals surface area contributed by atoms with E-state index >= 15 is 0 Å². The summed E-state index contributed by atoms with van der Waals surface area (Å²) in [6.07, 6.45) is 4.54. The average Bonchev–Trinajstić information content (AvgIpc) is 2.40. The first-order valence-corrected chi connectivity index (χ1v) is 6.48. The zero-order valence-electron chi connectivity index (χ0n) is 10.3. The molecule has 102 valence electrons. The van der Waals surface area contributed by atoms with Crippen LogP contribution in [0.25, 0.3) is 6.08 Å². The maximum atomic E-state index is 10.4. The van der Waals surface area contributed by atoms with Gasteiger partial charge in [0.1, 0.15) is 11.9 Å². The number of hydrogen-bond acceptors (Lipinski definition) is 3. The Kier molecular flexibility index (Phi) is 4.82. The van der Waals surface area contributed by atoms with Crippen LogP contribution in [0.2, 0.25) is 5.02 Å². The van der Waals surface area contributed by atoms with E-state index in [4.69, 9.17) is 26.2 Å². The number of halogens is 1. The molecule has 1 saturated heterocycles. The minimum absolute atomic E-state index is 0.0339. The summed E-state index contributed by atoms with van der Waals surface area (Å²) in [5.41, 5.74) is 0.722. The number of rotatable bonds is 4. The van der Waals surface area contributed by atoms with E-state index in [2.05, 4.69) is 0 Å². The highest BCUT2D eigenvalue weighted by molar-refractivity contribution is 6.32. The fraction of sp³-hybridized carbons (Fsp3) is 0.357. The molecule has 19 heavy (non-hydrogen) atoms. The van der Waals surface area contributed by atoms with Crippen LogP contribution in [0.5, 0.6) is 5.75 Å². The molecule has 0 spiro atoms. The minimum Gasteiger partial charge on any atom is -0.486 e. The van der Waals surface area contributed by atoms with Gasteiger partial charge in [0.2, 0.25) is 0 Å². The molecule has 1 heterocycles. The lowest BCUT2D eigenvalue weighted by Gasteiger charge is -2.23. The van der Waals surface area contributed by atoms with E-state index in [0.717, 1.165) is 31.1 Å².